The first-order valence-corrected chi connectivity index (χ1v) is 7.34. The molecule has 1 aromatic rings. The van der Waals surface area contributed by atoms with Gasteiger partial charge in [-0.15, -0.1) is 0 Å². The lowest BCUT2D eigenvalue weighted by Crippen LogP contribution is -2.33. The second-order valence-corrected chi connectivity index (χ2v) is 6.23. The summed E-state index contributed by atoms with van der Waals surface area (Å²) in [6.45, 7) is 1.22. The van der Waals surface area contributed by atoms with Crippen LogP contribution in [0.4, 0.5) is 5.69 Å². The number of nitrogens with zero attached hydrogens (tertiary/aromatic N) is 2. The zero-order chi connectivity index (χ0) is 15.1. The normalized spacial score (nSPS) is 27.7. The molecule has 1 saturated carbocycles. The minimum absolute atomic E-state index is 0.0953. The van der Waals surface area contributed by atoms with Crippen molar-refractivity contribution in [2.45, 2.75) is 18.9 Å². The summed E-state index contributed by atoms with van der Waals surface area (Å²) in [5.41, 5.74) is 5.91. The van der Waals surface area contributed by atoms with Gasteiger partial charge in [0.2, 0.25) is 0 Å². The summed E-state index contributed by atoms with van der Waals surface area (Å²) in [6.07, 6.45) is 2.02. The highest BCUT2D eigenvalue weighted by molar-refractivity contribution is 6.31. The zero-order valence-corrected chi connectivity index (χ0v) is 12.1. The number of carbonyl (C=O) groups is 1. The Hall–Kier alpha value is -1.66. The van der Waals surface area contributed by atoms with Crippen LogP contribution in [0.15, 0.2) is 18.2 Å². The van der Waals surface area contributed by atoms with E-state index in [1.54, 1.807) is 4.90 Å². The van der Waals surface area contributed by atoms with Gasteiger partial charge in [0.15, 0.2) is 0 Å². The number of carbonyl (C=O) groups excluding carboxylic acids is 1. The van der Waals surface area contributed by atoms with E-state index < -0.39 is 4.92 Å². The molecule has 1 saturated heterocycles. The van der Waals surface area contributed by atoms with E-state index in [2.05, 4.69) is 0 Å². The Kier molecular flexibility index (Phi) is 3.59. The molecule has 7 heteroatoms. The number of rotatable bonds is 2. The van der Waals surface area contributed by atoms with Gasteiger partial charge < -0.3 is 10.6 Å². The van der Waals surface area contributed by atoms with Crippen molar-refractivity contribution in [1.82, 2.24) is 4.90 Å². The Morgan fingerprint density at radius 3 is 2.81 bits per heavy atom. The fraction of sp³-hybridized carbons (Fsp3) is 0.500. The SMILES string of the molecule is NC1CCC2CN(C(=O)c3ccc(Cl)cc3[N+](=O)[O-])CC12. The van der Waals surface area contributed by atoms with Crippen LogP contribution in [0, 0.1) is 22.0 Å². The Balaban J connectivity index is 1.85. The second kappa shape index (κ2) is 5.27. The molecule has 0 spiro atoms. The molecule has 0 radical (unpaired) electrons. The van der Waals surface area contributed by atoms with E-state index in [9.17, 15) is 14.9 Å². The molecule has 1 aliphatic heterocycles. The lowest BCUT2D eigenvalue weighted by Gasteiger charge is -2.18. The first kappa shape index (κ1) is 14.3. The smallest absolute Gasteiger partial charge is 0.283 e. The van der Waals surface area contributed by atoms with Crippen LogP contribution in [-0.2, 0) is 0 Å². The predicted molar refractivity (Wildman–Crippen MR) is 78.2 cm³/mol. The monoisotopic (exact) mass is 309 g/mol. The van der Waals surface area contributed by atoms with Gasteiger partial charge in [0.25, 0.3) is 11.6 Å². The fourth-order valence-corrected chi connectivity index (χ4v) is 3.65. The van der Waals surface area contributed by atoms with Gasteiger partial charge in [-0.2, -0.15) is 0 Å². The molecule has 21 heavy (non-hydrogen) atoms. The third-order valence-electron chi connectivity index (χ3n) is 4.59. The van der Waals surface area contributed by atoms with E-state index in [1.165, 1.54) is 18.2 Å². The minimum atomic E-state index is -0.568. The topological polar surface area (TPSA) is 89.5 Å². The van der Waals surface area contributed by atoms with E-state index in [-0.39, 0.29) is 28.2 Å². The number of halogens is 1. The summed E-state index contributed by atoms with van der Waals surface area (Å²) in [6, 6.07) is 4.28. The number of amides is 1. The summed E-state index contributed by atoms with van der Waals surface area (Å²) >= 11 is 5.78. The highest BCUT2D eigenvalue weighted by atomic mass is 35.5. The van der Waals surface area contributed by atoms with Gasteiger partial charge in [-0.1, -0.05) is 11.6 Å². The van der Waals surface area contributed by atoms with Crippen LogP contribution in [0.3, 0.4) is 0 Å². The Morgan fingerprint density at radius 1 is 1.38 bits per heavy atom. The lowest BCUT2D eigenvalue weighted by molar-refractivity contribution is -0.385. The maximum Gasteiger partial charge on any atom is 0.283 e. The summed E-state index contributed by atoms with van der Waals surface area (Å²) in [5.74, 6) is 0.440. The van der Waals surface area contributed by atoms with Crippen molar-refractivity contribution in [3.63, 3.8) is 0 Å². The first-order valence-electron chi connectivity index (χ1n) is 6.96. The summed E-state index contributed by atoms with van der Waals surface area (Å²) in [4.78, 5) is 24.8. The van der Waals surface area contributed by atoms with Crippen LogP contribution in [-0.4, -0.2) is 34.9 Å². The highest BCUT2D eigenvalue weighted by Gasteiger charge is 2.43. The molecule has 1 aliphatic carbocycles. The van der Waals surface area contributed by atoms with Crippen LogP contribution in [0.2, 0.25) is 5.02 Å². The van der Waals surface area contributed by atoms with E-state index in [1.807, 2.05) is 0 Å². The summed E-state index contributed by atoms with van der Waals surface area (Å²) in [5, 5.41) is 11.3. The van der Waals surface area contributed by atoms with Gasteiger partial charge in [0, 0.05) is 30.2 Å². The molecule has 2 aliphatic rings. The molecule has 0 bridgehead atoms. The maximum atomic E-state index is 12.6. The number of benzene rings is 1. The van der Waals surface area contributed by atoms with Crippen molar-refractivity contribution < 1.29 is 9.72 Å². The molecular formula is C14H16ClN3O3. The number of nitro groups is 1. The second-order valence-electron chi connectivity index (χ2n) is 5.79. The summed E-state index contributed by atoms with van der Waals surface area (Å²) < 4.78 is 0. The van der Waals surface area contributed by atoms with E-state index in [4.69, 9.17) is 17.3 Å². The zero-order valence-electron chi connectivity index (χ0n) is 11.4. The molecule has 3 atom stereocenters. The number of likely N-dealkylation sites (tertiary alicyclic amines) is 1. The van der Waals surface area contributed by atoms with Gasteiger partial charge >= 0.3 is 0 Å². The molecular weight excluding hydrogens is 294 g/mol. The third-order valence-corrected chi connectivity index (χ3v) is 4.82. The van der Waals surface area contributed by atoms with E-state index >= 15 is 0 Å². The third kappa shape index (κ3) is 2.49. The van der Waals surface area contributed by atoms with Crippen molar-refractivity contribution in [3.8, 4) is 0 Å². The fourth-order valence-electron chi connectivity index (χ4n) is 3.48. The summed E-state index contributed by atoms with van der Waals surface area (Å²) in [7, 11) is 0. The maximum absolute atomic E-state index is 12.6. The number of nitrogens with two attached hydrogens (primary N) is 1. The van der Waals surface area contributed by atoms with Gasteiger partial charge in [0.05, 0.1) is 4.92 Å². The molecule has 6 nitrogen and oxygen atoms in total. The Labute approximate surface area is 127 Å². The standard InChI is InChI=1S/C14H16ClN3O3/c15-9-2-3-10(13(5-9)18(20)21)14(19)17-6-8-1-4-12(16)11(8)7-17/h2-3,5,8,11-12H,1,4,6-7,16H2. The number of nitro benzene ring substituents is 1. The van der Waals surface area contributed by atoms with Crippen molar-refractivity contribution in [3.05, 3.63) is 38.9 Å². The number of fused-ring (bicyclic) bond motifs is 1. The predicted octanol–water partition coefficient (Wildman–Crippen LogP) is 2.06. The van der Waals surface area contributed by atoms with Crippen molar-refractivity contribution in [2.24, 2.45) is 17.6 Å². The van der Waals surface area contributed by atoms with Crippen molar-refractivity contribution in [2.75, 3.05) is 13.1 Å². The van der Waals surface area contributed by atoms with Gasteiger partial charge in [-0.3, -0.25) is 14.9 Å². The number of hydrogen-bond acceptors (Lipinski definition) is 4. The average molecular weight is 310 g/mol. The van der Waals surface area contributed by atoms with Crippen molar-refractivity contribution in [1.29, 1.82) is 0 Å². The molecule has 1 amide bonds. The van der Waals surface area contributed by atoms with Crippen LogP contribution in [0.25, 0.3) is 0 Å². The Morgan fingerprint density at radius 2 is 2.14 bits per heavy atom. The van der Waals surface area contributed by atoms with Crippen LogP contribution >= 0.6 is 11.6 Å². The van der Waals surface area contributed by atoms with Crippen LogP contribution in [0.5, 0.6) is 0 Å². The molecule has 3 rings (SSSR count). The molecule has 1 heterocycles. The molecule has 2 N–H and O–H groups in total. The molecule has 1 aromatic carbocycles. The molecule has 112 valence electrons. The first-order chi connectivity index (χ1) is 9.97. The highest BCUT2D eigenvalue weighted by Crippen LogP contribution is 2.38. The van der Waals surface area contributed by atoms with Crippen molar-refractivity contribution >= 4 is 23.2 Å². The molecule has 3 unspecified atom stereocenters. The molecule has 0 aromatic heterocycles. The van der Waals surface area contributed by atoms with Crippen LogP contribution in [0.1, 0.15) is 23.2 Å². The van der Waals surface area contributed by atoms with E-state index in [0.29, 0.717) is 24.9 Å². The minimum Gasteiger partial charge on any atom is -0.338 e. The van der Waals surface area contributed by atoms with Gasteiger partial charge in [0.1, 0.15) is 5.56 Å². The Bertz CT molecular complexity index is 607. The molecule has 2 fully saturated rings. The van der Waals surface area contributed by atoms with Crippen LogP contribution < -0.4 is 5.73 Å². The number of hydrogen-bond donors (Lipinski definition) is 1. The van der Waals surface area contributed by atoms with E-state index in [0.717, 1.165) is 12.8 Å². The average Bonchev–Trinajstić information content (AvgIpc) is 3.00. The van der Waals surface area contributed by atoms with Gasteiger partial charge in [-0.25, -0.2) is 0 Å². The van der Waals surface area contributed by atoms with Gasteiger partial charge in [-0.05, 0) is 36.8 Å². The quantitative estimate of drug-likeness (QED) is 0.669. The largest absolute Gasteiger partial charge is 0.338 e. The lowest BCUT2D eigenvalue weighted by atomic mass is 9.98.